The summed E-state index contributed by atoms with van der Waals surface area (Å²) in [5.74, 6) is -1.20. The van der Waals surface area contributed by atoms with E-state index in [1.54, 1.807) is 13.2 Å². The lowest BCUT2D eigenvalue weighted by Gasteiger charge is -2.38. The van der Waals surface area contributed by atoms with Gasteiger partial charge in [-0.1, -0.05) is 0 Å². The number of methoxy groups -OCH3 is 1. The second-order valence-corrected chi connectivity index (χ2v) is 5.50. The van der Waals surface area contributed by atoms with Gasteiger partial charge in [0.15, 0.2) is 0 Å². The number of ether oxygens (including phenoxy) is 1. The molecular formula is C13H16BrNO5. The number of carbonyl (C=O) groups excluding carboxylic acids is 1. The Bertz CT molecular complexity index is 501. The van der Waals surface area contributed by atoms with Gasteiger partial charge in [0, 0.05) is 20.1 Å². The van der Waals surface area contributed by atoms with Crippen LogP contribution in [0.4, 0.5) is 0 Å². The van der Waals surface area contributed by atoms with E-state index in [-0.39, 0.29) is 12.3 Å². The van der Waals surface area contributed by atoms with Crippen molar-refractivity contribution in [3.8, 4) is 0 Å². The first-order valence-corrected chi connectivity index (χ1v) is 7.09. The quantitative estimate of drug-likeness (QED) is 0.883. The number of aliphatic carboxylic acids is 1. The van der Waals surface area contributed by atoms with Crippen molar-refractivity contribution in [2.45, 2.75) is 18.9 Å². The van der Waals surface area contributed by atoms with Crippen molar-refractivity contribution in [3.63, 3.8) is 0 Å². The average Bonchev–Trinajstić information content (AvgIpc) is 2.82. The zero-order valence-electron chi connectivity index (χ0n) is 11.0. The van der Waals surface area contributed by atoms with Gasteiger partial charge in [0.2, 0.25) is 5.91 Å². The minimum atomic E-state index is -0.923. The minimum Gasteiger partial charge on any atom is -0.481 e. The third-order valence-corrected chi connectivity index (χ3v) is 4.13. The van der Waals surface area contributed by atoms with Gasteiger partial charge in [-0.25, -0.2) is 0 Å². The predicted octanol–water partition coefficient (Wildman–Crippen LogP) is 2.05. The van der Waals surface area contributed by atoms with Crippen molar-refractivity contribution in [2.75, 3.05) is 20.3 Å². The van der Waals surface area contributed by atoms with E-state index in [1.807, 2.05) is 0 Å². The summed E-state index contributed by atoms with van der Waals surface area (Å²) < 4.78 is 11.1. The minimum absolute atomic E-state index is 0.0761. The molecule has 2 heterocycles. The Hall–Kier alpha value is -1.34. The number of likely N-dealkylation sites (tertiary alicyclic amines) is 1. The number of nitrogens with zero attached hydrogens (tertiary/aromatic N) is 1. The fourth-order valence-corrected chi connectivity index (χ4v) is 2.94. The Morgan fingerprint density at radius 2 is 2.40 bits per heavy atom. The van der Waals surface area contributed by atoms with E-state index < -0.39 is 17.9 Å². The highest BCUT2D eigenvalue weighted by molar-refractivity contribution is 9.10. The van der Waals surface area contributed by atoms with Gasteiger partial charge >= 0.3 is 5.97 Å². The fourth-order valence-electron chi connectivity index (χ4n) is 2.51. The van der Waals surface area contributed by atoms with Crippen LogP contribution >= 0.6 is 15.9 Å². The summed E-state index contributed by atoms with van der Waals surface area (Å²) in [4.78, 5) is 25.1. The molecule has 0 bridgehead atoms. The van der Waals surface area contributed by atoms with Crippen LogP contribution in [0.15, 0.2) is 21.2 Å². The summed E-state index contributed by atoms with van der Waals surface area (Å²) in [6.07, 6.45) is 2.02. The van der Waals surface area contributed by atoms with Crippen molar-refractivity contribution in [1.82, 2.24) is 4.90 Å². The number of carboxylic acids is 1. The molecule has 6 nitrogen and oxygen atoms in total. The highest BCUT2D eigenvalue weighted by Gasteiger charge is 2.42. The van der Waals surface area contributed by atoms with Crippen LogP contribution in [0, 0.1) is 5.92 Å². The predicted molar refractivity (Wildman–Crippen MR) is 73.1 cm³/mol. The molecule has 0 saturated carbocycles. The summed E-state index contributed by atoms with van der Waals surface area (Å²) in [6, 6.07) is 1.09. The Kier molecular flexibility index (Phi) is 4.82. The van der Waals surface area contributed by atoms with Gasteiger partial charge in [-0.2, -0.15) is 0 Å². The molecule has 20 heavy (non-hydrogen) atoms. The van der Waals surface area contributed by atoms with E-state index >= 15 is 0 Å². The topological polar surface area (TPSA) is 80.0 Å². The summed E-state index contributed by atoms with van der Waals surface area (Å²) in [6.45, 7) is 0.698. The third-order valence-electron chi connectivity index (χ3n) is 3.47. The number of rotatable bonds is 5. The van der Waals surface area contributed by atoms with Crippen LogP contribution in [0.2, 0.25) is 0 Å². The van der Waals surface area contributed by atoms with Gasteiger partial charge in [-0.3, -0.25) is 9.59 Å². The van der Waals surface area contributed by atoms with Crippen molar-refractivity contribution in [1.29, 1.82) is 0 Å². The van der Waals surface area contributed by atoms with E-state index in [9.17, 15) is 14.7 Å². The Balaban J connectivity index is 2.36. The molecule has 0 spiro atoms. The molecule has 110 valence electrons. The maximum atomic E-state index is 12.1. The molecule has 1 fully saturated rings. The summed E-state index contributed by atoms with van der Waals surface area (Å²) in [7, 11) is 1.54. The molecule has 0 radical (unpaired) electrons. The molecular weight excluding hydrogens is 330 g/mol. The van der Waals surface area contributed by atoms with Crippen molar-refractivity contribution in [2.24, 2.45) is 5.92 Å². The van der Waals surface area contributed by atoms with Gasteiger partial charge in [0.1, 0.15) is 11.8 Å². The number of hydrogen-bond donors (Lipinski definition) is 1. The molecule has 2 atom stereocenters. The third kappa shape index (κ3) is 2.88. The molecule has 2 unspecified atom stereocenters. The van der Waals surface area contributed by atoms with E-state index in [2.05, 4.69) is 15.9 Å². The first-order chi connectivity index (χ1) is 9.56. The lowest BCUT2D eigenvalue weighted by atomic mass is 9.87. The van der Waals surface area contributed by atoms with Crippen LogP contribution in [0.25, 0.3) is 0 Å². The largest absolute Gasteiger partial charge is 0.481 e. The maximum Gasteiger partial charge on any atom is 0.309 e. The molecule has 1 N–H and O–H groups in total. The molecule has 0 aromatic carbocycles. The monoisotopic (exact) mass is 345 g/mol. The van der Waals surface area contributed by atoms with E-state index in [1.165, 1.54) is 11.2 Å². The van der Waals surface area contributed by atoms with Gasteiger partial charge in [-0.05, 0) is 28.4 Å². The molecule has 1 aromatic rings. The highest BCUT2D eigenvalue weighted by Crippen LogP contribution is 2.40. The van der Waals surface area contributed by atoms with Crippen molar-refractivity contribution in [3.05, 3.63) is 22.6 Å². The number of piperidine rings is 1. The van der Waals surface area contributed by atoms with Crippen molar-refractivity contribution >= 4 is 27.8 Å². The van der Waals surface area contributed by atoms with Crippen LogP contribution in [-0.4, -0.2) is 42.1 Å². The number of carboxylic acid groups (broad SMARTS) is 1. The van der Waals surface area contributed by atoms with Crippen LogP contribution in [0.3, 0.4) is 0 Å². The van der Waals surface area contributed by atoms with E-state index in [4.69, 9.17) is 9.15 Å². The van der Waals surface area contributed by atoms with E-state index in [0.717, 1.165) is 0 Å². The molecule has 1 amide bonds. The molecule has 1 aliphatic heterocycles. The number of amides is 1. The van der Waals surface area contributed by atoms with Gasteiger partial charge in [0.05, 0.1) is 23.3 Å². The Morgan fingerprint density at radius 1 is 1.65 bits per heavy atom. The van der Waals surface area contributed by atoms with Gasteiger partial charge in [-0.15, -0.1) is 0 Å². The zero-order valence-corrected chi connectivity index (χ0v) is 12.6. The molecule has 7 heteroatoms. The SMILES string of the molecule is COCCN1C(=O)CCC(C(=O)O)C1c1occc1Br. The summed E-state index contributed by atoms with van der Waals surface area (Å²) >= 11 is 3.34. The van der Waals surface area contributed by atoms with Crippen LogP contribution in [-0.2, 0) is 14.3 Å². The smallest absolute Gasteiger partial charge is 0.309 e. The van der Waals surface area contributed by atoms with Crippen LogP contribution in [0.1, 0.15) is 24.6 Å². The Labute approximate surface area is 124 Å². The lowest BCUT2D eigenvalue weighted by Crippen LogP contribution is -2.46. The first kappa shape index (κ1) is 15.1. The maximum absolute atomic E-state index is 12.1. The average molecular weight is 346 g/mol. The highest BCUT2D eigenvalue weighted by atomic mass is 79.9. The number of halogens is 1. The Morgan fingerprint density at radius 3 is 2.95 bits per heavy atom. The molecule has 1 saturated heterocycles. The first-order valence-electron chi connectivity index (χ1n) is 6.30. The summed E-state index contributed by atoms with van der Waals surface area (Å²) in [5.41, 5.74) is 0. The van der Waals surface area contributed by atoms with Gasteiger partial charge < -0.3 is 19.2 Å². The normalized spacial score (nSPS) is 23.1. The molecule has 1 aliphatic rings. The van der Waals surface area contributed by atoms with Gasteiger partial charge in [0.25, 0.3) is 0 Å². The second-order valence-electron chi connectivity index (χ2n) is 4.64. The molecule has 0 aliphatic carbocycles. The van der Waals surface area contributed by atoms with E-state index in [0.29, 0.717) is 29.8 Å². The number of hydrogen-bond acceptors (Lipinski definition) is 4. The van der Waals surface area contributed by atoms with Crippen molar-refractivity contribution < 1.29 is 23.8 Å². The number of carbonyl (C=O) groups is 2. The summed E-state index contributed by atoms with van der Waals surface area (Å²) in [5, 5.41) is 9.40. The molecule has 1 aromatic heterocycles. The van der Waals surface area contributed by atoms with Crippen LogP contribution < -0.4 is 0 Å². The lowest BCUT2D eigenvalue weighted by molar-refractivity contribution is -0.153. The number of furan rings is 1. The molecule has 2 rings (SSSR count). The standard InChI is InChI=1S/C13H16BrNO5/c1-19-7-5-15-10(16)3-2-8(13(17)18)11(15)12-9(14)4-6-20-12/h4,6,8,11H,2-3,5,7H2,1H3,(H,17,18). The fraction of sp³-hybridized carbons (Fsp3) is 0.538. The second kappa shape index (κ2) is 6.41. The zero-order chi connectivity index (χ0) is 14.7. The van der Waals surface area contributed by atoms with Crippen LogP contribution in [0.5, 0.6) is 0 Å².